The van der Waals surface area contributed by atoms with E-state index in [9.17, 15) is 9.59 Å². The number of hydrogen-bond donors (Lipinski definition) is 1. The van der Waals surface area contributed by atoms with E-state index in [1.54, 1.807) is 32.3 Å². The quantitative estimate of drug-likeness (QED) is 0.890. The lowest BCUT2D eigenvalue weighted by molar-refractivity contribution is -0.145. The lowest BCUT2D eigenvalue weighted by atomic mass is 9.96. The van der Waals surface area contributed by atoms with Crippen LogP contribution in [0.5, 0.6) is 0 Å². The smallest absolute Gasteiger partial charge is 0.307 e. The van der Waals surface area contributed by atoms with Gasteiger partial charge in [0.1, 0.15) is 0 Å². The molecule has 0 heterocycles. The molecule has 0 saturated carbocycles. The molecule has 0 radical (unpaired) electrons. The minimum Gasteiger partial charge on any atom is -0.481 e. The van der Waals surface area contributed by atoms with Crippen LogP contribution in [0.15, 0.2) is 24.3 Å². The molecule has 1 aromatic rings. The molecule has 18 heavy (non-hydrogen) atoms. The Morgan fingerprint density at radius 2 is 2.06 bits per heavy atom. The number of rotatable bonds is 5. The molecule has 1 N–H and O–H groups in total. The first-order valence-electron chi connectivity index (χ1n) is 5.57. The third-order valence-corrected chi connectivity index (χ3v) is 2.88. The molecule has 5 heteroatoms. The molecule has 1 rings (SSSR count). The van der Waals surface area contributed by atoms with Crippen LogP contribution >= 0.6 is 11.6 Å². The van der Waals surface area contributed by atoms with Crippen molar-refractivity contribution in [2.24, 2.45) is 5.92 Å². The van der Waals surface area contributed by atoms with Gasteiger partial charge in [-0.15, -0.1) is 0 Å². The molecule has 0 aliphatic carbocycles. The molecular weight excluding hydrogens is 254 g/mol. The van der Waals surface area contributed by atoms with Crippen molar-refractivity contribution < 1.29 is 14.7 Å². The lowest BCUT2D eigenvalue weighted by Gasteiger charge is -2.15. The van der Waals surface area contributed by atoms with Crippen LogP contribution in [0.1, 0.15) is 12.0 Å². The van der Waals surface area contributed by atoms with E-state index in [-0.39, 0.29) is 12.3 Å². The zero-order valence-corrected chi connectivity index (χ0v) is 11.1. The number of aliphatic carboxylic acids is 1. The zero-order chi connectivity index (χ0) is 13.7. The van der Waals surface area contributed by atoms with Crippen LogP contribution in [0.4, 0.5) is 0 Å². The molecule has 0 aliphatic rings. The minimum absolute atomic E-state index is 0.00511. The molecule has 1 amide bonds. The highest BCUT2D eigenvalue weighted by Crippen LogP contribution is 2.17. The molecule has 0 fully saturated rings. The predicted molar refractivity (Wildman–Crippen MR) is 69.6 cm³/mol. The summed E-state index contributed by atoms with van der Waals surface area (Å²) in [5.74, 6) is -1.88. The molecule has 0 aliphatic heterocycles. The van der Waals surface area contributed by atoms with Crippen molar-refractivity contribution in [3.63, 3.8) is 0 Å². The predicted octanol–water partition coefficient (Wildman–Crippen LogP) is 2.06. The summed E-state index contributed by atoms with van der Waals surface area (Å²) in [6, 6.07) is 7.02. The average Bonchev–Trinajstić information content (AvgIpc) is 2.27. The molecule has 1 atom stereocenters. The summed E-state index contributed by atoms with van der Waals surface area (Å²) in [4.78, 5) is 24.1. The van der Waals surface area contributed by atoms with Crippen molar-refractivity contribution in [3.05, 3.63) is 34.9 Å². The van der Waals surface area contributed by atoms with Crippen LogP contribution in [0.25, 0.3) is 0 Å². The van der Waals surface area contributed by atoms with Crippen LogP contribution in [0.2, 0.25) is 5.02 Å². The Bertz CT molecular complexity index is 446. The van der Waals surface area contributed by atoms with Gasteiger partial charge in [0.05, 0.1) is 5.92 Å². The SMILES string of the molecule is CN(C)C(=O)CC(Cc1cccc(Cl)c1)C(=O)O. The number of benzene rings is 1. The number of amides is 1. The molecule has 98 valence electrons. The van der Waals surface area contributed by atoms with E-state index in [0.29, 0.717) is 11.4 Å². The normalized spacial score (nSPS) is 11.9. The Hall–Kier alpha value is -1.55. The summed E-state index contributed by atoms with van der Waals surface area (Å²) >= 11 is 5.84. The number of carbonyl (C=O) groups excluding carboxylic acids is 1. The van der Waals surface area contributed by atoms with E-state index < -0.39 is 11.9 Å². The lowest BCUT2D eigenvalue weighted by Crippen LogP contribution is -2.28. The van der Waals surface area contributed by atoms with E-state index in [0.717, 1.165) is 5.56 Å². The fourth-order valence-electron chi connectivity index (χ4n) is 1.59. The maximum Gasteiger partial charge on any atom is 0.307 e. The summed E-state index contributed by atoms with van der Waals surface area (Å²) in [6.45, 7) is 0. The van der Waals surface area contributed by atoms with Gasteiger partial charge in [-0.2, -0.15) is 0 Å². The highest BCUT2D eigenvalue weighted by Gasteiger charge is 2.22. The molecule has 1 unspecified atom stereocenters. The number of hydrogen-bond acceptors (Lipinski definition) is 2. The van der Waals surface area contributed by atoms with E-state index >= 15 is 0 Å². The molecule has 1 aromatic carbocycles. The molecule has 0 bridgehead atoms. The number of carboxylic acids is 1. The molecule has 4 nitrogen and oxygen atoms in total. The topological polar surface area (TPSA) is 57.6 Å². The van der Waals surface area contributed by atoms with E-state index in [2.05, 4.69) is 0 Å². The van der Waals surface area contributed by atoms with Gasteiger partial charge in [-0.1, -0.05) is 23.7 Å². The van der Waals surface area contributed by atoms with Crippen molar-refractivity contribution in [2.45, 2.75) is 12.8 Å². The summed E-state index contributed by atoms with van der Waals surface area (Å²) in [6.07, 6.45) is 0.296. The molecule has 0 saturated heterocycles. The minimum atomic E-state index is -0.967. The Morgan fingerprint density at radius 1 is 1.39 bits per heavy atom. The highest BCUT2D eigenvalue weighted by atomic mass is 35.5. The first-order valence-corrected chi connectivity index (χ1v) is 5.95. The van der Waals surface area contributed by atoms with Crippen molar-refractivity contribution in [1.82, 2.24) is 4.90 Å². The molecule has 0 aromatic heterocycles. The third kappa shape index (κ3) is 4.37. The van der Waals surface area contributed by atoms with Gasteiger partial charge in [0, 0.05) is 25.5 Å². The number of halogens is 1. The summed E-state index contributed by atoms with van der Waals surface area (Å²) < 4.78 is 0. The Balaban J connectivity index is 2.75. The second kappa shape index (κ2) is 6.40. The summed E-state index contributed by atoms with van der Waals surface area (Å²) in [5, 5.41) is 9.70. The monoisotopic (exact) mass is 269 g/mol. The van der Waals surface area contributed by atoms with E-state index in [1.165, 1.54) is 4.90 Å². The van der Waals surface area contributed by atoms with Crippen LogP contribution < -0.4 is 0 Å². The van der Waals surface area contributed by atoms with Gasteiger partial charge < -0.3 is 10.0 Å². The fraction of sp³-hybridized carbons (Fsp3) is 0.385. The first-order chi connectivity index (χ1) is 8.40. The van der Waals surface area contributed by atoms with Gasteiger partial charge in [-0.25, -0.2) is 0 Å². The van der Waals surface area contributed by atoms with Crippen molar-refractivity contribution in [3.8, 4) is 0 Å². The summed E-state index contributed by atoms with van der Waals surface area (Å²) in [7, 11) is 3.22. The second-order valence-electron chi connectivity index (χ2n) is 4.36. The Morgan fingerprint density at radius 3 is 2.56 bits per heavy atom. The second-order valence-corrected chi connectivity index (χ2v) is 4.80. The third-order valence-electron chi connectivity index (χ3n) is 2.64. The van der Waals surface area contributed by atoms with E-state index in [1.807, 2.05) is 6.07 Å². The summed E-state index contributed by atoms with van der Waals surface area (Å²) in [5.41, 5.74) is 0.821. The Kier molecular flexibility index (Phi) is 5.16. The molecule has 0 spiro atoms. The van der Waals surface area contributed by atoms with Gasteiger partial charge in [-0.05, 0) is 24.1 Å². The highest BCUT2D eigenvalue weighted by molar-refractivity contribution is 6.30. The maximum atomic E-state index is 11.6. The fourth-order valence-corrected chi connectivity index (χ4v) is 1.80. The number of nitrogens with zero attached hydrogens (tertiary/aromatic N) is 1. The van der Waals surface area contributed by atoms with Gasteiger partial charge in [-0.3, -0.25) is 9.59 Å². The van der Waals surface area contributed by atoms with Crippen molar-refractivity contribution in [1.29, 1.82) is 0 Å². The van der Waals surface area contributed by atoms with Gasteiger partial charge in [0.25, 0.3) is 0 Å². The van der Waals surface area contributed by atoms with Gasteiger partial charge >= 0.3 is 5.97 Å². The van der Waals surface area contributed by atoms with Crippen molar-refractivity contribution >= 4 is 23.5 Å². The Labute approximate surface area is 111 Å². The largest absolute Gasteiger partial charge is 0.481 e. The number of carbonyl (C=O) groups is 2. The van der Waals surface area contributed by atoms with Crippen LogP contribution in [0, 0.1) is 5.92 Å². The molecular formula is C13H16ClNO3. The zero-order valence-electron chi connectivity index (χ0n) is 10.4. The number of carboxylic acid groups (broad SMARTS) is 1. The van der Waals surface area contributed by atoms with Crippen LogP contribution in [-0.2, 0) is 16.0 Å². The van der Waals surface area contributed by atoms with Crippen molar-refractivity contribution in [2.75, 3.05) is 14.1 Å². The average molecular weight is 270 g/mol. The first kappa shape index (κ1) is 14.5. The van der Waals surface area contributed by atoms with Crippen LogP contribution in [-0.4, -0.2) is 36.0 Å². The van der Waals surface area contributed by atoms with Gasteiger partial charge in [0.15, 0.2) is 0 Å². The van der Waals surface area contributed by atoms with Gasteiger partial charge in [0.2, 0.25) is 5.91 Å². The van der Waals surface area contributed by atoms with E-state index in [4.69, 9.17) is 16.7 Å². The maximum absolute atomic E-state index is 11.6. The standard InChI is InChI=1S/C13H16ClNO3/c1-15(2)12(16)8-10(13(17)18)6-9-4-3-5-11(14)7-9/h3-5,7,10H,6,8H2,1-2H3,(H,17,18). The van der Waals surface area contributed by atoms with Crippen LogP contribution in [0.3, 0.4) is 0 Å².